The predicted molar refractivity (Wildman–Crippen MR) is 234 cm³/mol. The topological polar surface area (TPSA) is 222 Å². The van der Waals surface area contributed by atoms with E-state index in [-0.39, 0.29) is 54.6 Å². The molecule has 15 nitrogen and oxygen atoms in total. The number of amides is 5. The summed E-state index contributed by atoms with van der Waals surface area (Å²) in [7, 11) is 1.59. The third kappa shape index (κ3) is 13.9. The number of aromatic amines is 1. The number of aromatic nitrogens is 1. The lowest BCUT2D eigenvalue weighted by molar-refractivity contribution is -0.143. The second kappa shape index (κ2) is 23.1. The number of para-hydroxylation sites is 1. The molecule has 2 aromatic carbocycles. The number of hydrazine groups is 1. The molecule has 0 spiro atoms. The number of urea groups is 1. The fourth-order valence-electron chi connectivity index (χ4n) is 8.12. The number of carbonyl (C=O) groups excluding carboxylic acids is 5. The van der Waals surface area contributed by atoms with Crippen LogP contribution in [0.25, 0.3) is 10.9 Å². The second-order valence-corrected chi connectivity index (χ2v) is 17.4. The number of rotatable bonds is 12. The zero-order valence-corrected chi connectivity index (χ0v) is 36.7. The molecule has 1 fully saturated rings. The largest absolute Gasteiger partial charge is 0.480 e. The van der Waals surface area contributed by atoms with Gasteiger partial charge in [0, 0.05) is 42.4 Å². The van der Waals surface area contributed by atoms with Crippen LogP contribution in [0, 0.1) is 29.6 Å². The minimum atomic E-state index is -1.41. The molecule has 2 heterocycles. The maximum absolute atomic E-state index is 14.6. The molecule has 61 heavy (non-hydrogen) atoms. The number of likely N-dealkylation sites (N-methyl/N-ethyl adjacent to an activating group) is 1. The molecule has 1 aliphatic heterocycles. The fraction of sp³-hybridized carbons (Fsp3) is 0.565. The van der Waals surface area contributed by atoms with E-state index in [2.05, 4.69) is 31.8 Å². The molecule has 8 atom stereocenters. The third-order valence-electron chi connectivity index (χ3n) is 11.9. The third-order valence-corrected chi connectivity index (χ3v) is 11.9. The van der Waals surface area contributed by atoms with Crippen LogP contribution in [0.2, 0.25) is 0 Å². The zero-order chi connectivity index (χ0) is 44.8. The molecule has 0 radical (unpaired) electrons. The number of hydrogen-bond donors (Lipinski definition) is 8. The Bertz CT molecular complexity index is 1930. The van der Waals surface area contributed by atoms with Crippen molar-refractivity contribution in [2.24, 2.45) is 29.6 Å². The monoisotopic (exact) mass is 846 g/mol. The van der Waals surface area contributed by atoms with Gasteiger partial charge in [0.05, 0.1) is 12.1 Å². The van der Waals surface area contributed by atoms with Gasteiger partial charge in [-0.05, 0) is 67.1 Å². The molecule has 1 saturated heterocycles. The van der Waals surface area contributed by atoms with Gasteiger partial charge in [-0.1, -0.05) is 109 Å². The standard InChI is InChI=1S/C46H67N7O8/c1-8-29(6)40(45(59)60)50-46(61)48-36-21-14-12-18-31(23-30-16-10-9-11-17-30)41(55)51-52-43(57)37(24-33-26-47-35-20-15-13-19-34(33)35)53(7)44(58)32(22-27(2)3)25-38(54)39(28(4)5)49-42(36)56/h9-11,13,15-17,19-20,26-29,31-32,36-37,39-40,43,47,52,57H,8,12,14,18,21-25H2,1-7H3,(H,49,56)(H,51,55)(H,59,60)(H2,48,50,61)/t29-,31+,32+,36+,37-,39-,40-,43?/m0/s1. The smallest absolute Gasteiger partial charge is 0.326 e. The summed E-state index contributed by atoms with van der Waals surface area (Å²) in [5, 5.41) is 30.6. The van der Waals surface area contributed by atoms with Gasteiger partial charge in [-0.2, -0.15) is 0 Å². The molecule has 4 rings (SSSR count). The number of carbonyl (C=O) groups is 6. The number of aliphatic carboxylic acids is 1. The lowest BCUT2D eigenvalue weighted by Crippen LogP contribution is -2.58. The predicted octanol–water partition coefficient (Wildman–Crippen LogP) is 4.84. The van der Waals surface area contributed by atoms with Crippen molar-refractivity contribution in [2.45, 2.75) is 130 Å². The van der Waals surface area contributed by atoms with Gasteiger partial charge in [-0.15, -0.1) is 0 Å². The van der Waals surface area contributed by atoms with Crippen LogP contribution in [-0.4, -0.2) is 93.0 Å². The van der Waals surface area contributed by atoms with Crippen LogP contribution in [0.5, 0.6) is 0 Å². The van der Waals surface area contributed by atoms with E-state index in [1.54, 1.807) is 27.8 Å². The summed E-state index contributed by atoms with van der Waals surface area (Å²) in [5.74, 6) is -5.07. The van der Waals surface area contributed by atoms with Gasteiger partial charge in [-0.25, -0.2) is 15.0 Å². The number of benzene rings is 2. The van der Waals surface area contributed by atoms with Crippen molar-refractivity contribution in [3.05, 3.63) is 71.9 Å². The lowest BCUT2D eigenvalue weighted by atomic mass is 9.86. The van der Waals surface area contributed by atoms with Crippen molar-refractivity contribution in [3.63, 3.8) is 0 Å². The molecule has 1 aliphatic rings. The Morgan fingerprint density at radius 3 is 2.21 bits per heavy atom. The summed E-state index contributed by atoms with van der Waals surface area (Å²) < 4.78 is 0. The molecule has 0 aliphatic carbocycles. The summed E-state index contributed by atoms with van der Waals surface area (Å²) in [5.41, 5.74) is 8.21. The van der Waals surface area contributed by atoms with Crippen LogP contribution in [0.1, 0.15) is 97.6 Å². The van der Waals surface area contributed by atoms with E-state index in [9.17, 15) is 39.0 Å². The zero-order valence-electron chi connectivity index (χ0n) is 36.7. The Balaban J connectivity index is 1.72. The van der Waals surface area contributed by atoms with Crippen molar-refractivity contribution in [2.75, 3.05) is 7.05 Å². The first kappa shape index (κ1) is 48.4. The van der Waals surface area contributed by atoms with Gasteiger partial charge >= 0.3 is 12.0 Å². The molecule has 334 valence electrons. The Morgan fingerprint density at radius 1 is 0.885 bits per heavy atom. The van der Waals surface area contributed by atoms with Crippen LogP contribution in [-0.2, 0) is 36.8 Å². The average Bonchev–Trinajstić information content (AvgIpc) is 3.64. The van der Waals surface area contributed by atoms with E-state index < -0.39 is 60.1 Å². The number of H-pyrrole nitrogens is 1. The number of ketones is 1. The number of aliphatic hydroxyl groups excluding tert-OH is 1. The molecule has 1 unspecified atom stereocenters. The number of nitrogens with zero attached hydrogens (tertiary/aromatic N) is 1. The summed E-state index contributed by atoms with van der Waals surface area (Å²) in [6, 6.07) is 12.2. The van der Waals surface area contributed by atoms with Crippen molar-refractivity contribution >= 4 is 46.4 Å². The van der Waals surface area contributed by atoms with E-state index in [1.165, 1.54) is 4.90 Å². The number of aliphatic hydroxyl groups is 1. The number of fused-ring (bicyclic) bond motifs is 1. The molecular formula is C46H67N7O8. The van der Waals surface area contributed by atoms with Gasteiger partial charge in [0.25, 0.3) is 0 Å². The highest BCUT2D eigenvalue weighted by atomic mass is 16.4. The van der Waals surface area contributed by atoms with E-state index in [1.807, 2.05) is 81.6 Å². The molecule has 15 heteroatoms. The van der Waals surface area contributed by atoms with Gasteiger partial charge < -0.3 is 36.0 Å². The fourth-order valence-corrected chi connectivity index (χ4v) is 8.12. The minimum Gasteiger partial charge on any atom is -0.480 e. The minimum absolute atomic E-state index is 0.0111. The Labute approximate surface area is 359 Å². The number of Topliss-reactive ketones (excluding diaryl/α,β-unsaturated/α-hetero) is 1. The van der Waals surface area contributed by atoms with Crippen molar-refractivity contribution < 1.29 is 39.0 Å². The number of hydrogen-bond acceptors (Lipinski definition) is 8. The van der Waals surface area contributed by atoms with Gasteiger partial charge in [-0.3, -0.25) is 24.6 Å². The Morgan fingerprint density at radius 2 is 1.56 bits per heavy atom. The summed E-state index contributed by atoms with van der Waals surface area (Å²) in [4.78, 5) is 87.0. The molecule has 1 aromatic heterocycles. The van der Waals surface area contributed by atoms with Crippen molar-refractivity contribution in [1.82, 2.24) is 36.7 Å². The van der Waals surface area contributed by atoms with Gasteiger partial charge in [0.1, 0.15) is 18.3 Å². The quantitative estimate of drug-likeness (QED) is 0.125. The van der Waals surface area contributed by atoms with Crippen molar-refractivity contribution in [3.8, 4) is 0 Å². The van der Waals surface area contributed by atoms with Crippen LogP contribution >= 0.6 is 0 Å². The second-order valence-electron chi connectivity index (χ2n) is 17.4. The number of nitrogens with one attached hydrogen (secondary N) is 6. The Hall–Kier alpha value is -5.28. The molecule has 3 aromatic rings. The molecular weight excluding hydrogens is 779 g/mol. The van der Waals surface area contributed by atoms with Gasteiger partial charge in [0.2, 0.25) is 17.7 Å². The molecule has 8 N–H and O–H groups in total. The van der Waals surface area contributed by atoms with E-state index in [0.717, 1.165) is 22.0 Å². The van der Waals surface area contributed by atoms with E-state index in [0.29, 0.717) is 38.5 Å². The van der Waals surface area contributed by atoms with Crippen LogP contribution < -0.4 is 26.8 Å². The average molecular weight is 846 g/mol. The molecule has 5 amide bonds. The van der Waals surface area contributed by atoms with E-state index >= 15 is 0 Å². The normalized spacial score (nSPS) is 24.0. The van der Waals surface area contributed by atoms with Crippen LogP contribution in [0.4, 0.5) is 4.79 Å². The highest BCUT2D eigenvalue weighted by Gasteiger charge is 2.37. The van der Waals surface area contributed by atoms with Crippen molar-refractivity contribution in [1.29, 1.82) is 0 Å². The van der Waals surface area contributed by atoms with E-state index in [4.69, 9.17) is 0 Å². The molecule has 0 saturated carbocycles. The number of carboxylic acids is 1. The van der Waals surface area contributed by atoms with Crippen LogP contribution in [0.3, 0.4) is 0 Å². The molecule has 0 bridgehead atoms. The summed E-state index contributed by atoms with van der Waals surface area (Å²) >= 11 is 0. The summed E-state index contributed by atoms with van der Waals surface area (Å²) in [6.45, 7) is 11.0. The highest BCUT2D eigenvalue weighted by molar-refractivity contribution is 5.95. The SMILES string of the molecule is CC[C@H](C)[C@H](NC(=O)N[C@@H]1CCCC[C@H](Cc2ccccc2)C(=O)NNC(O)[C@H](Cc2c[nH]c3ccccc23)N(C)C(=O)[C@H](CC(C)C)CC(=O)[C@H](C(C)C)NC1=O)C(=O)O. The highest BCUT2D eigenvalue weighted by Crippen LogP contribution is 2.26. The Kier molecular flexibility index (Phi) is 18.3. The maximum atomic E-state index is 14.6. The summed E-state index contributed by atoms with van der Waals surface area (Å²) in [6.07, 6.45) is 3.04. The van der Waals surface area contributed by atoms with Gasteiger partial charge in [0.15, 0.2) is 5.78 Å². The number of carboxylic acid groups (broad SMARTS) is 1. The maximum Gasteiger partial charge on any atom is 0.326 e. The first-order valence-electron chi connectivity index (χ1n) is 21.7. The first-order valence-corrected chi connectivity index (χ1v) is 21.7. The lowest BCUT2D eigenvalue weighted by Gasteiger charge is -2.35. The van der Waals surface area contributed by atoms with Crippen LogP contribution in [0.15, 0.2) is 60.8 Å². The first-order chi connectivity index (χ1) is 29.0.